The summed E-state index contributed by atoms with van der Waals surface area (Å²) in [5, 5.41) is 0. The molecule has 1 fully saturated rings. The van der Waals surface area contributed by atoms with Gasteiger partial charge in [-0.15, -0.1) is 0 Å². The van der Waals surface area contributed by atoms with Crippen molar-refractivity contribution in [2.75, 3.05) is 7.11 Å². The molecule has 1 rings (SSSR count). The largest absolute Gasteiger partial charge is 0.377 e. The summed E-state index contributed by atoms with van der Waals surface area (Å²) in [6.45, 7) is 2.18. The van der Waals surface area contributed by atoms with Gasteiger partial charge in [-0.05, 0) is 19.3 Å². The molecule has 2 nitrogen and oxygen atoms in total. The first-order chi connectivity index (χ1) is 5.75. The summed E-state index contributed by atoms with van der Waals surface area (Å²) in [5.41, 5.74) is 6.13. The van der Waals surface area contributed by atoms with Crippen LogP contribution in [0.2, 0.25) is 0 Å². The minimum Gasteiger partial charge on any atom is -0.377 e. The van der Waals surface area contributed by atoms with Gasteiger partial charge < -0.3 is 10.5 Å². The van der Waals surface area contributed by atoms with Crippen molar-refractivity contribution >= 4 is 0 Å². The van der Waals surface area contributed by atoms with E-state index in [1.807, 2.05) is 0 Å². The Bertz CT molecular complexity index is 130. The van der Waals surface area contributed by atoms with E-state index in [0.29, 0.717) is 0 Å². The normalized spacial score (nSPS) is 24.2. The Kier molecular flexibility index (Phi) is 3.53. The predicted molar refractivity (Wildman–Crippen MR) is 51.1 cm³/mol. The van der Waals surface area contributed by atoms with Gasteiger partial charge in [-0.2, -0.15) is 0 Å². The highest BCUT2D eigenvalue weighted by atomic mass is 16.5. The topological polar surface area (TPSA) is 35.2 Å². The molecule has 72 valence electrons. The Morgan fingerprint density at radius 1 is 1.42 bits per heavy atom. The molecule has 0 amide bonds. The van der Waals surface area contributed by atoms with Gasteiger partial charge in [0.15, 0.2) is 0 Å². The van der Waals surface area contributed by atoms with Gasteiger partial charge in [0.2, 0.25) is 0 Å². The van der Waals surface area contributed by atoms with Crippen molar-refractivity contribution in [1.29, 1.82) is 0 Å². The van der Waals surface area contributed by atoms with Gasteiger partial charge in [0.05, 0.1) is 5.60 Å². The Balaban J connectivity index is 2.52. The molecule has 1 aliphatic rings. The van der Waals surface area contributed by atoms with Crippen molar-refractivity contribution < 1.29 is 4.74 Å². The average Bonchev–Trinajstić information content (AvgIpc) is 2.54. The van der Waals surface area contributed by atoms with E-state index in [4.69, 9.17) is 10.5 Å². The molecule has 1 aliphatic carbocycles. The highest BCUT2D eigenvalue weighted by Gasteiger charge is 2.38. The van der Waals surface area contributed by atoms with Crippen molar-refractivity contribution in [2.24, 2.45) is 5.73 Å². The SMILES string of the molecule is CCC[C@H](N)C1(OC)CCCC1. The van der Waals surface area contributed by atoms with Crippen LogP contribution in [0.25, 0.3) is 0 Å². The monoisotopic (exact) mass is 171 g/mol. The molecule has 0 aliphatic heterocycles. The minimum absolute atomic E-state index is 0.0238. The molecule has 0 unspecified atom stereocenters. The smallest absolute Gasteiger partial charge is 0.0828 e. The Morgan fingerprint density at radius 2 is 2.00 bits per heavy atom. The molecule has 2 N–H and O–H groups in total. The molecule has 1 atom stereocenters. The Morgan fingerprint density at radius 3 is 2.42 bits per heavy atom. The standard InChI is InChI=1S/C10H21NO/c1-3-6-9(11)10(12-2)7-4-5-8-10/h9H,3-8,11H2,1-2H3/t9-/m0/s1. The second kappa shape index (κ2) is 4.24. The third-order valence-corrected chi connectivity index (χ3v) is 3.13. The minimum atomic E-state index is 0.0238. The highest BCUT2D eigenvalue weighted by molar-refractivity contribution is 4.94. The number of methoxy groups -OCH3 is 1. The number of hydrogen-bond donors (Lipinski definition) is 1. The van der Waals surface area contributed by atoms with Gasteiger partial charge in [-0.1, -0.05) is 26.2 Å². The number of ether oxygens (including phenoxy) is 1. The van der Waals surface area contributed by atoms with Gasteiger partial charge in [0, 0.05) is 13.2 Å². The fourth-order valence-corrected chi connectivity index (χ4v) is 2.27. The molecule has 0 aromatic rings. The van der Waals surface area contributed by atoms with E-state index >= 15 is 0 Å². The summed E-state index contributed by atoms with van der Waals surface area (Å²) in [6.07, 6.45) is 7.13. The second-order valence-corrected chi connectivity index (χ2v) is 3.87. The Hall–Kier alpha value is -0.0800. The van der Waals surface area contributed by atoms with Gasteiger partial charge >= 0.3 is 0 Å². The van der Waals surface area contributed by atoms with Crippen LogP contribution in [0.3, 0.4) is 0 Å². The van der Waals surface area contributed by atoms with E-state index in [1.165, 1.54) is 12.8 Å². The summed E-state index contributed by atoms with van der Waals surface area (Å²) in [6, 6.07) is 0.245. The first-order valence-electron chi connectivity index (χ1n) is 5.06. The van der Waals surface area contributed by atoms with Crippen LogP contribution in [0.5, 0.6) is 0 Å². The number of hydrogen-bond acceptors (Lipinski definition) is 2. The van der Waals surface area contributed by atoms with E-state index in [-0.39, 0.29) is 11.6 Å². The lowest BCUT2D eigenvalue weighted by Gasteiger charge is -2.33. The molecule has 0 saturated heterocycles. The van der Waals surface area contributed by atoms with E-state index < -0.39 is 0 Å². The van der Waals surface area contributed by atoms with Gasteiger partial charge in [-0.3, -0.25) is 0 Å². The summed E-state index contributed by atoms with van der Waals surface area (Å²) in [7, 11) is 1.81. The van der Waals surface area contributed by atoms with E-state index in [0.717, 1.165) is 25.7 Å². The molecule has 0 bridgehead atoms. The first kappa shape index (κ1) is 10.0. The van der Waals surface area contributed by atoms with Crippen molar-refractivity contribution in [3.8, 4) is 0 Å². The van der Waals surface area contributed by atoms with Crippen LogP contribution in [0, 0.1) is 0 Å². The van der Waals surface area contributed by atoms with Crippen LogP contribution in [0.4, 0.5) is 0 Å². The molecule has 0 spiro atoms. The maximum atomic E-state index is 6.11. The zero-order valence-electron chi connectivity index (χ0n) is 8.31. The lowest BCUT2D eigenvalue weighted by atomic mass is 9.90. The third-order valence-electron chi connectivity index (χ3n) is 3.13. The maximum absolute atomic E-state index is 6.11. The quantitative estimate of drug-likeness (QED) is 0.702. The van der Waals surface area contributed by atoms with Gasteiger partial charge in [-0.25, -0.2) is 0 Å². The van der Waals surface area contributed by atoms with Gasteiger partial charge in [0.1, 0.15) is 0 Å². The predicted octanol–water partition coefficient (Wildman–Crippen LogP) is 2.07. The van der Waals surface area contributed by atoms with E-state index in [1.54, 1.807) is 7.11 Å². The molecule has 2 heteroatoms. The fourth-order valence-electron chi connectivity index (χ4n) is 2.27. The first-order valence-corrected chi connectivity index (χ1v) is 5.06. The molecule has 0 radical (unpaired) electrons. The molecular formula is C10H21NO. The molecular weight excluding hydrogens is 150 g/mol. The Labute approximate surface area is 75.5 Å². The lowest BCUT2D eigenvalue weighted by Crippen LogP contribution is -2.47. The third kappa shape index (κ3) is 1.80. The van der Waals surface area contributed by atoms with Crippen LogP contribution >= 0.6 is 0 Å². The lowest BCUT2D eigenvalue weighted by molar-refractivity contribution is -0.0275. The molecule has 0 aromatic heterocycles. The molecule has 12 heavy (non-hydrogen) atoms. The van der Waals surface area contributed by atoms with Crippen molar-refractivity contribution in [1.82, 2.24) is 0 Å². The van der Waals surface area contributed by atoms with Crippen LogP contribution < -0.4 is 5.73 Å². The highest BCUT2D eigenvalue weighted by Crippen LogP contribution is 2.36. The average molecular weight is 171 g/mol. The van der Waals surface area contributed by atoms with E-state index in [2.05, 4.69) is 6.92 Å². The second-order valence-electron chi connectivity index (χ2n) is 3.87. The molecule has 0 aromatic carbocycles. The molecule has 0 heterocycles. The van der Waals surface area contributed by atoms with Crippen LogP contribution in [-0.4, -0.2) is 18.8 Å². The zero-order chi connectivity index (χ0) is 9.03. The fraction of sp³-hybridized carbons (Fsp3) is 1.00. The van der Waals surface area contributed by atoms with Crippen molar-refractivity contribution in [3.05, 3.63) is 0 Å². The summed E-state index contributed by atoms with van der Waals surface area (Å²) in [5.74, 6) is 0. The van der Waals surface area contributed by atoms with Crippen LogP contribution in [0.15, 0.2) is 0 Å². The summed E-state index contributed by atoms with van der Waals surface area (Å²) < 4.78 is 5.59. The van der Waals surface area contributed by atoms with Crippen molar-refractivity contribution in [3.63, 3.8) is 0 Å². The van der Waals surface area contributed by atoms with Crippen molar-refractivity contribution in [2.45, 2.75) is 57.1 Å². The number of nitrogens with two attached hydrogens (primary N) is 1. The van der Waals surface area contributed by atoms with Gasteiger partial charge in [0.25, 0.3) is 0 Å². The number of rotatable bonds is 4. The van der Waals surface area contributed by atoms with E-state index in [9.17, 15) is 0 Å². The van der Waals surface area contributed by atoms with Crippen LogP contribution in [0.1, 0.15) is 45.4 Å². The zero-order valence-corrected chi connectivity index (χ0v) is 8.31. The van der Waals surface area contributed by atoms with Crippen LogP contribution in [-0.2, 0) is 4.74 Å². The summed E-state index contributed by atoms with van der Waals surface area (Å²) in [4.78, 5) is 0. The summed E-state index contributed by atoms with van der Waals surface area (Å²) >= 11 is 0. The maximum Gasteiger partial charge on any atom is 0.0828 e. The molecule has 1 saturated carbocycles.